The largest absolute Gasteiger partial charge is 0.314 e. The Balaban J connectivity index is 2.14. The average molecular weight is 127 g/mol. The van der Waals surface area contributed by atoms with Gasteiger partial charge in [0.15, 0.2) is 0 Å². The molecule has 0 spiro atoms. The summed E-state index contributed by atoms with van der Waals surface area (Å²) in [5.41, 5.74) is 0. The highest BCUT2D eigenvalue weighted by atomic mass is 14.9. The molecule has 1 N–H and O–H groups in total. The number of nitrogens with one attached hydrogen (secondary N) is 1. The molecule has 0 aromatic carbocycles. The van der Waals surface area contributed by atoms with E-state index in [4.69, 9.17) is 0 Å². The second kappa shape index (κ2) is 3.21. The molecule has 1 heterocycles. The van der Waals surface area contributed by atoms with Crippen LogP contribution in [-0.4, -0.2) is 12.6 Å². The average Bonchev–Trinajstić information content (AvgIpc) is 2.17. The van der Waals surface area contributed by atoms with Crippen molar-refractivity contribution < 1.29 is 0 Å². The third-order valence-corrected chi connectivity index (χ3v) is 2.14. The van der Waals surface area contributed by atoms with Crippen LogP contribution in [0.1, 0.15) is 33.1 Å². The van der Waals surface area contributed by atoms with E-state index in [1.807, 2.05) is 0 Å². The molecule has 54 valence electrons. The predicted octanol–water partition coefficient (Wildman–Crippen LogP) is 1.78. The van der Waals surface area contributed by atoms with Crippen LogP contribution < -0.4 is 5.32 Å². The molecule has 0 aromatic rings. The predicted molar refractivity (Wildman–Crippen MR) is 40.5 cm³/mol. The van der Waals surface area contributed by atoms with Gasteiger partial charge in [-0.1, -0.05) is 13.3 Å². The zero-order chi connectivity index (χ0) is 6.69. The van der Waals surface area contributed by atoms with Gasteiger partial charge in [0.2, 0.25) is 0 Å². The molecule has 2 atom stereocenters. The molecule has 1 aliphatic rings. The van der Waals surface area contributed by atoms with Crippen LogP contribution in [-0.2, 0) is 0 Å². The smallest absolute Gasteiger partial charge is 0.00419 e. The summed E-state index contributed by atoms with van der Waals surface area (Å²) < 4.78 is 0. The minimum absolute atomic E-state index is 0.779. The van der Waals surface area contributed by atoms with Crippen molar-refractivity contribution >= 4 is 0 Å². The van der Waals surface area contributed by atoms with Gasteiger partial charge >= 0.3 is 0 Å². The fourth-order valence-electron chi connectivity index (χ4n) is 1.66. The van der Waals surface area contributed by atoms with Crippen molar-refractivity contribution in [2.75, 3.05) is 6.54 Å². The van der Waals surface area contributed by atoms with Crippen molar-refractivity contribution in [1.29, 1.82) is 0 Å². The number of hydrogen-bond donors (Lipinski definition) is 1. The lowest BCUT2D eigenvalue weighted by atomic mass is 10.0. The Morgan fingerprint density at radius 2 is 2.33 bits per heavy atom. The zero-order valence-electron chi connectivity index (χ0n) is 6.48. The summed E-state index contributed by atoms with van der Waals surface area (Å²) in [4.78, 5) is 0. The Hall–Kier alpha value is -0.0400. The minimum atomic E-state index is 0.779. The van der Waals surface area contributed by atoms with Gasteiger partial charge in [0.05, 0.1) is 0 Å². The number of hydrogen-bond acceptors (Lipinski definition) is 1. The lowest BCUT2D eigenvalue weighted by Crippen LogP contribution is -2.16. The minimum Gasteiger partial charge on any atom is -0.314 e. The summed E-state index contributed by atoms with van der Waals surface area (Å²) >= 11 is 0. The second-order valence-electron chi connectivity index (χ2n) is 3.20. The standard InChI is InChI=1S/C8H17N/c1-3-4-8-5-7(2)9-6-8/h7-9H,3-6H2,1-2H3/t7-,8-/m1/s1. The maximum absolute atomic E-state index is 3.45. The molecule has 1 fully saturated rings. The van der Waals surface area contributed by atoms with Crippen LogP contribution >= 0.6 is 0 Å². The normalized spacial score (nSPS) is 35.3. The van der Waals surface area contributed by atoms with Gasteiger partial charge in [0, 0.05) is 6.04 Å². The van der Waals surface area contributed by atoms with Gasteiger partial charge in [-0.15, -0.1) is 0 Å². The van der Waals surface area contributed by atoms with Gasteiger partial charge < -0.3 is 5.32 Å². The van der Waals surface area contributed by atoms with Gasteiger partial charge in [-0.25, -0.2) is 0 Å². The Kier molecular flexibility index (Phi) is 2.52. The third kappa shape index (κ3) is 1.98. The lowest BCUT2D eigenvalue weighted by molar-refractivity contribution is 0.515. The zero-order valence-corrected chi connectivity index (χ0v) is 6.48. The van der Waals surface area contributed by atoms with Crippen LogP contribution in [0, 0.1) is 5.92 Å². The van der Waals surface area contributed by atoms with Crippen molar-refractivity contribution in [3.8, 4) is 0 Å². The highest BCUT2D eigenvalue weighted by Crippen LogP contribution is 2.17. The van der Waals surface area contributed by atoms with Gasteiger partial charge in [-0.05, 0) is 32.2 Å². The van der Waals surface area contributed by atoms with Gasteiger partial charge in [0.25, 0.3) is 0 Å². The first kappa shape index (κ1) is 7.07. The monoisotopic (exact) mass is 127 g/mol. The van der Waals surface area contributed by atoms with Gasteiger partial charge in [0.1, 0.15) is 0 Å². The second-order valence-corrected chi connectivity index (χ2v) is 3.20. The molecule has 1 aliphatic heterocycles. The molecular weight excluding hydrogens is 110 g/mol. The molecule has 0 radical (unpaired) electrons. The molecular formula is C8H17N. The molecule has 9 heavy (non-hydrogen) atoms. The maximum atomic E-state index is 3.45. The first-order valence-corrected chi connectivity index (χ1v) is 4.06. The van der Waals surface area contributed by atoms with Crippen LogP contribution in [0.2, 0.25) is 0 Å². The molecule has 1 rings (SSSR count). The van der Waals surface area contributed by atoms with E-state index in [1.54, 1.807) is 0 Å². The van der Waals surface area contributed by atoms with E-state index >= 15 is 0 Å². The Morgan fingerprint density at radius 3 is 2.78 bits per heavy atom. The topological polar surface area (TPSA) is 12.0 Å². The summed E-state index contributed by atoms with van der Waals surface area (Å²) in [6, 6.07) is 0.779. The van der Waals surface area contributed by atoms with Crippen LogP contribution in [0.25, 0.3) is 0 Å². The Morgan fingerprint density at radius 1 is 1.56 bits per heavy atom. The quantitative estimate of drug-likeness (QED) is 0.596. The molecule has 0 amide bonds. The van der Waals surface area contributed by atoms with Crippen LogP contribution in [0.4, 0.5) is 0 Å². The van der Waals surface area contributed by atoms with E-state index in [-0.39, 0.29) is 0 Å². The Labute approximate surface area is 57.8 Å². The van der Waals surface area contributed by atoms with Crippen molar-refractivity contribution in [3.05, 3.63) is 0 Å². The summed E-state index contributed by atoms with van der Waals surface area (Å²) in [5.74, 6) is 0.977. The fraction of sp³-hybridized carbons (Fsp3) is 1.00. The van der Waals surface area contributed by atoms with E-state index < -0.39 is 0 Å². The number of rotatable bonds is 2. The highest BCUT2D eigenvalue weighted by Gasteiger charge is 2.18. The highest BCUT2D eigenvalue weighted by molar-refractivity contribution is 4.77. The summed E-state index contributed by atoms with van der Waals surface area (Å²) in [7, 11) is 0. The third-order valence-electron chi connectivity index (χ3n) is 2.14. The maximum Gasteiger partial charge on any atom is 0.00419 e. The van der Waals surface area contributed by atoms with Crippen molar-refractivity contribution in [3.63, 3.8) is 0 Å². The molecule has 0 aromatic heterocycles. The SMILES string of the molecule is CCC[C@H]1CN[C@H](C)C1. The van der Waals surface area contributed by atoms with Crippen molar-refractivity contribution in [2.45, 2.75) is 39.2 Å². The van der Waals surface area contributed by atoms with E-state index in [1.165, 1.54) is 25.8 Å². The van der Waals surface area contributed by atoms with Crippen molar-refractivity contribution in [1.82, 2.24) is 5.32 Å². The van der Waals surface area contributed by atoms with E-state index in [9.17, 15) is 0 Å². The lowest BCUT2D eigenvalue weighted by Gasteiger charge is -2.03. The summed E-state index contributed by atoms with van der Waals surface area (Å²) in [5, 5.41) is 3.45. The molecule has 1 heteroatoms. The summed E-state index contributed by atoms with van der Waals surface area (Å²) in [6.45, 7) is 5.80. The molecule has 0 unspecified atom stereocenters. The van der Waals surface area contributed by atoms with E-state index in [2.05, 4.69) is 19.2 Å². The van der Waals surface area contributed by atoms with Gasteiger partial charge in [-0.2, -0.15) is 0 Å². The van der Waals surface area contributed by atoms with E-state index in [0.717, 1.165) is 12.0 Å². The molecule has 1 saturated heterocycles. The molecule has 0 aliphatic carbocycles. The van der Waals surface area contributed by atoms with Crippen LogP contribution in [0.15, 0.2) is 0 Å². The fourth-order valence-corrected chi connectivity index (χ4v) is 1.66. The molecule has 0 bridgehead atoms. The van der Waals surface area contributed by atoms with Crippen LogP contribution in [0.5, 0.6) is 0 Å². The van der Waals surface area contributed by atoms with Gasteiger partial charge in [-0.3, -0.25) is 0 Å². The summed E-state index contributed by atoms with van der Waals surface area (Å²) in [6.07, 6.45) is 4.16. The Bertz CT molecular complexity index is 78.6. The first-order valence-electron chi connectivity index (χ1n) is 4.06. The van der Waals surface area contributed by atoms with Crippen LogP contribution in [0.3, 0.4) is 0 Å². The first-order chi connectivity index (χ1) is 4.33. The molecule has 1 nitrogen and oxygen atoms in total. The molecule has 0 saturated carbocycles. The van der Waals surface area contributed by atoms with E-state index in [0.29, 0.717) is 0 Å². The van der Waals surface area contributed by atoms with Crippen molar-refractivity contribution in [2.24, 2.45) is 5.92 Å².